The number of hydrogen-bond donors (Lipinski definition) is 0. The summed E-state index contributed by atoms with van der Waals surface area (Å²) in [5.41, 5.74) is 21.3. The van der Waals surface area contributed by atoms with Gasteiger partial charge in [0.1, 0.15) is 11.2 Å². The summed E-state index contributed by atoms with van der Waals surface area (Å²) in [4.78, 5) is 15.9. The van der Waals surface area contributed by atoms with Crippen molar-refractivity contribution in [2.75, 3.05) is 0 Å². The minimum Gasteiger partial charge on any atom is -0.456 e. The molecule has 16 rings (SSSR count). The van der Waals surface area contributed by atoms with E-state index in [9.17, 15) is 0 Å². The third kappa shape index (κ3) is 6.26. The summed E-state index contributed by atoms with van der Waals surface area (Å²) in [5.74, 6) is 1.80. The Morgan fingerprint density at radius 1 is 0.293 bits per heavy atom. The van der Waals surface area contributed by atoms with Crippen molar-refractivity contribution in [3.05, 3.63) is 271 Å². The Balaban J connectivity index is 0.830. The number of hydrogen-bond acceptors (Lipinski definition) is 5. The normalized spacial score (nSPS) is 12.9. The van der Waals surface area contributed by atoms with Gasteiger partial charge in [-0.3, -0.25) is 0 Å². The lowest BCUT2D eigenvalue weighted by atomic mass is 9.68. The predicted octanol–water partition coefficient (Wildman–Crippen LogP) is 18.5. The molecule has 0 saturated carbocycles. The number of aromatic nitrogens is 3. The minimum atomic E-state index is -0.432. The van der Waals surface area contributed by atoms with Gasteiger partial charge in [0.2, 0.25) is 0 Å². The van der Waals surface area contributed by atoms with Crippen LogP contribution in [0, 0.1) is 0 Å². The molecule has 3 aromatic heterocycles. The molecule has 1 spiro atoms. The third-order valence-corrected chi connectivity index (χ3v) is 16.9. The molecule has 5 heteroatoms. The standard InChI is InChI=1S/C70H41N3OS/c1-2-15-42(16-3-1)45-17-12-18-47(39-45)67-71-68(48-36-38-64-56(41-48)53-22-7-11-30-63(53)75-64)73-69(72-67)55-25-14-29-62-65(55)57-40-46(35-37-61(57)74-62)43-31-33-44(34-32-43)49-23-13-24-54-52-21-6-10-28-60(52)70(66(49)54)58-26-8-4-19-50(58)51-20-5-9-27-59(51)70/h1-41H. The Morgan fingerprint density at radius 3 is 1.56 bits per heavy atom. The Hall–Kier alpha value is -9.55. The van der Waals surface area contributed by atoms with Crippen LogP contribution in [0.15, 0.2) is 253 Å². The average Bonchev–Trinajstić information content (AvgIpc) is 4.24. The molecule has 0 radical (unpaired) electrons. The molecule has 75 heavy (non-hydrogen) atoms. The zero-order valence-corrected chi connectivity index (χ0v) is 41.1. The highest BCUT2D eigenvalue weighted by molar-refractivity contribution is 7.25. The van der Waals surface area contributed by atoms with Crippen molar-refractivity contribution in [3.8, 4) is 89.8 Å². The number of thiophene rings is 1. The van der Waals surface area contributed by atoms with E-state index in [4.69, 9.17) is 19.4 Å². The average molecular weight is 972 g/mol. The summed E-state index contributed by atoms with van der Waals surface area (Å²) in [5, 5.41) is 4.39. The zero-order chi connectivity index (χ0) is 49.2. The van der Waals surface area contributed by atoms with E-state index in [-0.39, 0.29) is 0 Å². The SMILES string of the molecule is c1ccc(-c2cccc(-c3nc(-c4ccc5sc6ccccc6c5c4)nc(-c4cccc5oc6ccc(-c7ccc(-c8cccc9c8C8(c%10ccccc%10-c%10ccccc%108)c8ccccc8-9)cc7)cc6c45)n3)c2)cc1. The first-order chi connectivity index (χ1) is 37.2. The van der Waals surface area contributed by atoms with Crippen LogP contribution in [0.1, 0.15) is 22.3 Å². The van der Waals surface area contributed by atoms with E-state index in [2.05, 4.69) is 231 Å². The second-order valence-electron chi connectivity index (χ2n) is 19.7. The van der Waals surface area contributed by atoms with Crippen LogP contribution in [0.5, 0.6) is 0 Å². The molecule has 11 aromatic carbocycles. The molecule has 14 aromatic rings. The van der Waals surface area contributed by atoms with Gasteiger partial charge in [0, 0.05) is 47.6 Å². The smallest absolute Gasteiger partial charge is 0.164 e. The molecule has 0 saturated heterocycles. The topological polar surface area (TPSA) is 51.8 Å². The predicted molar refractivity (Wildman–Crippen MR) is 309 cm³/mol. The van der Waals surface area contributed by atoms with Crippen molar-refractivity contribution >= 4 is 53.4 Å². The first-order valence-electron chi connectivity index (χ1n) is 25.5. The Bertz CT molecular complexity index is 4600. The Morgan fingerprint density at radius 2 is 0.787 bits per heavy atom. The quantitative estimate of drug-likeness (QED) is 0.167. The van der Waals surface area contributed by atoms with Crippen molar-refractivity contribution in [1.82, 2.24) is 15.0 Å². The fraction of sp³-hybridized carbons (Fsp3) is 0.0143. The van der Waals surface area contributed by atoms with E-state index in [0.29, 0.717) is 17.5 Å². The summed E-state index contributed by atoms with van der Waals surface area (Å²) >= 11 is 1.81. The van der Waals surface area contributed by atoms with Crippen LogP contribution in [0.4, 0.5) is 0 Å². The molecule has 0 fully saturated rings. The molecule has 0 amide bonds. The number of furan rings is 1. The molecular weight excluding hydrogens is 931 g/mol. The molecule has 4 nitrogen and oxygen atoms in total. The molecule has 2 aliphatic carbocycles. The van der Waals surface area contributed by atoms with Crippen LogP contribution >= 0.6 is 11.3 Å². The van der Waals surface area contributed by atoms with E-state index in [1.54, 1.807) is 11.3 Å². The highest BCUT2D eigenvalue weighted by Gasteiger charge is 2.52. The van der Waals surface area contributed by atoms with Gasteiger partial charge in [-0.2, -0.15) is 0 Å². The fourth-order valence-electron chi connectivity index (χ4n) is 12.5. The maximum absolute atomic E-state index is 6.65. The maximum atomic E-state index is 6.65. The monoisotopic (exact) mass is 971 g/mol. The Kier molecular flexibility index (Phi) is 9.09. The van der Waals surface area contributed by atoms with E-state index in [1.165, 1.54) is 75.8 Å². The van der Waals surface area contributed by atoms with Crippen molar-refractivity contribution < 1.29 is 4.42 Å². The van der Waals surface area contributed by atoms with Gasteiger partial charge in [-0.05, 0) is 126 Å². The van der Waals surface area contributed by atoms with Gasteiger partial charge in [-0.1, -0.05) is 200 Å². The number of fused-ring (bicyclic) bond motifs is 16. The minimum absolute atomic E-state index is 0.432. The summed E-state index contributed by atoms with van der Waals surface area (Å²) in [6.07, 6.45) is 0. The van der Waals surface area contributed by atoms with Gasteiger partial charge < -0.3 is 4.42 Å². The molecule has 2 aliphatic rings. The fourth-order valence-corrected chi connectivity index (χ4v) is 13.6. The molecule has 0 N–H and O–H groups in total. The summed E-state index contributed by atoms with van der Waals surface area (Å²) in [6, 6.07) is 89.9. The van der Waals surface area contributed by atoms with Gasteiger partial charge in [0.05, 0.1) is 5.41 Å². The van der Waals surface area contributed by atoms with Crippen LogP contribution in [0.25, 0.3) is 132 Å². The highest BCUT2D eigenvalue weighted by atomic mass is 32.1. The summed E-state index contributed by atoms with van der Waals surface area (Å²) in [7, 11) is 0. The van der Waals surface area contributed by atoms with E-state index in [0.717, 1.165) is 60.9 Å². The largest absolute Gasteiger partial charge is 0.456 e. The molecular formula is C70H41N3OS. The van der Waals surface area contributed by atoms with Crippen molar-refractivity contribution in [2.24, 2.45) is 0 Å². The molecule has 0 atom stereocenters. The maximum Gasteiger partial charge on any atom is 0.164 e. The van der Waals surface area contributed by atoms with Crippen LogP contribution in [-0.4, -0.2) is 15.0 Å². The van der Waals surface area contributed by atoms with Crippen LogP contribution < -0.4 is 0 Å². The lowest BCUT2D eigenvalue weighted by Gasteiger charge is -2.32. The molecule has 0 bridgehead atoms. The van der Waals surface area contributed by atoms with E-state index in [1.807, 2.05) is 18.2 Å². The van der Waals surface area contributed by atoms with Gasteiger partial charge in [0.15, 0.2) is 17.5 Å². The zero-order valence-electron chi connectivity index (χ0n) is 40.3. The van der Waals surface area contributed by atoms with Crippen molar-refractivity contribution in [3.63, 3.8) is 0 Å². The van der Waals surface area contributed by atoms with Crippen molar-refractivity contribution in [1.29, 1.82) is 0 Å². The van der Waals surface area contributed by atoms with Gasteiger partial charge in [-0.15, -0.1) is 11.3 Å². The third-order valence-electron chi connectivity index (χ3n) is 15.8. The number of nitrogens with zero attached hydrogens (tertiary/aromatic N) is 3. The first-order valence-corrected chi connectivity index (χ1v) is 26.3. The lowest BCUT2D eigenvalue weighted by Crippen LogP contribution is -2.26. The van der Waals surface area contributed by atoms with Crippen LogP contribution in [0.3, 0.4) is 0 Å². The van der Waals surface area contributed by atoms with Gasteiger partial charge in [-0.25, -0.2) is 15.0 Å². The van der Waals surface area contributed by atoms with E-state index >= 15 is 0 Å². The summed E-state index contributed by atoms with van der Waals surface area (Å²) in [6.45, 7) is 0. The molecule has 0 aliphatic heterocycles. The van der Waals surface area contributed by atoms with Crippen molar-refractivity contribution in [2.45, 2.75) is 5.41 Å². The second-order valence-corrected chi connectivity index (χ2v) is 20.8. The first kappa shape index (κ1) is 42.0. The molecule has 348 valence electrons. The van der Waals surface area contributed by atoms with Crippen LogP contribution in [0.2, 0.25) is 0 Å². The van der Waals surface area contributed by atoms with Gasteiger partial charge >= 0.3 is 0 Å². The lowest BCUT2D eigenvalue weighted by molar-refractivity contribution is 0.669. The van der Waals surface area contributed by atoms with E-state index < -0.39 is 5.41 Å². The van der Waals surface area contributed by atoms with Crippen LogP contribution in [-0.2, 0) is 5.41 Å². The highest BCUT2D eigenvalue weighted by Crippen LogP contribution is 2.64. The number of benzene rings is 11. The second kappa shape index (κ2) is 16.2. The molecule has 0 unspecified atom stereocenters. The number of rotatable bonds is 6. The molecule has 3 heterocycles. The summed E-state index contributed by atoms with van der Waals surface area (Å²) < 4.78 is 9.14. The Labute approximate surface area is 436 Å². The van der Waals surface area contributed by atoms with Gasteiger partial charge in [0.25, 0.3) is 0 Å².